The summed E-state index contributed by atoms with van der Waals surface area (Å²) in [5.74, 6) is -0.807. The second-order valence-electron chi connectivity index (χ2n) is 6.43. The zero-order chi connectivity index (χ0) is 20.1. The van der Waals surface area contributed by atoms with Gasteiger partial charge in [-0.3, -0.25) is 14.4 Å². The lowest BCUT2D eigenvalue weighted by Gasteiger charge is -2.08. The molecule has 0 saturated heterocycles. The van der Waals surface area contributed by atoms with Crippen molar-refractivity contribution in [3.8, 4) is 0 Å². The maximum absolute atomic E-state index is 12.3. The van der Waals surface area contributed by atoms with Crippen molar-refractivity contribution in [2.75, 3.05) is 10.6 Å². The van der Waals surface area contributed by atoms with Crippen LogP contribution in [0.5, 0.6) is 0 Å². The second-order valence-corrected chi connectivity index (χ2v) is 6.43. The van der Waals surface area contributed by atoms with E-state index in [1.165, 1.54) is 13.0 Å². The molecule has 0 aliphatic carbocycles. The number of fused-ring (bicyclic) bond motifs is 1. The first kappa shape index (κ1) is 19.0. The van der Waals surface area contributed by atoms with E-state index in [1.54, 1.807) is 31.2 Å². The Morgan fingerprint density at radius 3 is 2.18 bits per heavy atom. The van der Waals surface area contributed by atoms with Crippen LogP contribution in [0, 0.1) is 0 Å². The summed E-state index contributed by atoms with van der Waals surface area (Å²) in [5, 5.41) is 7.48. The number of benzene rings is 3. The first-order valence-corrected chi connectivity index (χ1v) is 8.83. The van der Waals surface area contributed by atoms with Crippen molar-refractivity contribution < 1.29 is 14.4 Å². The highest BCUT2D eigenvalue weighted by molar-refractivity contribution is 6.12. The molecule has 0 fully saturated rings. The predicted molar refractivity (Wildman–Crippen MR) is 111 cm³/mol. The van der Waals surface area contributed by atoms with Crippen LogP contribution in [0.3, 0.4) is 0 Å². The Hall–Kier alpha value is -3.73. The molecule has 2 amide bonds. The minimum atomic E-state index is -0.386. The molecule has 5 nitrogen and oxygen atoms in total. The van der Waals surface area contributed by atoms with Gasteiger partial charge in [0.25, 0.3) is 5.91 Å². The largest absolute Gasteiger partial charge is 0.322 e. The van der Waals surface area contributed by atoms with Gasteiger partial charge in [0.2, 0.25) is 5.91 Å². The van der Waals surface area contributed by atoms with E-state index in [9.17, 15) is 14.4 Å². The number of hydrogen-bond donors (Lipinski definition) is 2. The molecule has 0 bridgehead atoms. The molecule has 3 aromatic carbocycles. The molecular weight excluding hydrogens is 352 g/mol. The van der Waals surface area contributed by atoms with Gasteiger partial charge in [0, 0.05) is 34.0 Å². The standard InChI is InChI=1S/C23H20N2O3/c1-15(23(28)24-19-12-10-17(11-13-19)16(2)26)14-22(27)25-21-9-5-7-18-6-3-4-8-20(18)21/h3-14H,1-2H3,(H,24,28)(H,25,27)/b15-14-. The summed E-state index contributed by atoms with van der Waals surface area (Å²) in [6, 6.07) is 20.0. The zero-order valence-electron chi connectivity index (χ0n) is 15.7. The van der Waals surface area contributed by atoms with Crippen LogP contribution >= 0.6 is 0 Å². The third-order valence-electron chi connectivity index (χ3n) is 4.30. The van der Waals surface area contributed by atoms with Gasteiger partial charge in [0.1, 0.15) is 0 Å². The summed E-state index contributed by atoms with van der Waals surface area (Å²) in [5.41, 5.74) is 2.08. The number of amides is 2. The Morgan fingerprint density at radius 2 is 1.46 bits per heavy atom. The molecular formula is C23H20N2O3. The van der Waals surface area contributed by atoms with Gasteiger partial charge in [-0.15, -0.1) is 0 Å². The SMILES string of the molecule is CC(=O)c1ccc(NC(=O)/C(C)=C\C(=O)Nc2cccc3ccccc23)cc1. The molecule has 0 spiro atoms. The van der Waals surface area contributed by atoms with Crippen LogP contribution in [0.1, 0.15) is 24.2 Å². The summed E-state index contributed by atoms with van der Waals surface area (Å²) < 4.78 is 0. The Labute approximate surface area is 163 Å². The fraction of sp³-hybridized carbons (Fsp3) is 0.0870. The van der Waals surface area contributed by atoms with E-state index in [2.05, 4.69) is 10.6 Å². The molecule has 2 N–H and O–H groups in total. The van der Waals surface area contributed by atoms with Gasteiger partial charge in [-0.25, -0.2) is 0 Å². The lowest BCUT2D eigenvalue weighted by Crippen LogP contribution is -2.16. The van der Waals surface area contributed by atoms with E-state index in [0.29, 0.717) is 16.9 Å². The highest BCUT2D eigenvalue weighted by Gasteiger charge is 2.09. The van der Waals surface area contributed by atoms with Crippen LogP contribution in [0.2, 0.25) is 0 Å². The van der Waals surface area contributed by atoms with E-state index in [4.69, 9.17) is 0 Å². The van der Waals surface area contributed by atoms with Crippen molar-refractivity contribution in [3.05, 3.63) is 83.9 Å². The van der Waals surface area contributed by atoms with Gasteiger partial charge >= 0.3 is 0 Å². The quantitative estimate of drug-likeness (QED) is 0.509. The minimum absolute atomic E-state index is 0.0425. The van der Waals surface area contributed by atoms with Gasteiger partial charge in [0.05, 0.1) is 0 Å². The van der Waals surface area contributed by atoms with Crippen LogP contribution < -0.4 is 10.6 Å². The molecule has 5 heteroatoms. The fourth-order valence-corrected chi connectivity index (χ4v) is 2.78. The molecule has 140 valence electrons. The van der Waals surface area contributed by atoms with Crippen molar-refractivity contribution in [3.63, 3.8) is 0 Å². The number of anilines is 2. The highest BCUT2D eigenvalue weighted by atomic mass is 16.2. The summed E-state index contributed by atoms with van der Waals surface area (Å²) in [7, 11) is 0. The van der Waals surface area contributed by atoms with Crippen molar-refractivity contribution in [1.29, 1.82) is 0 Å². The maximum Gasteiger partial charge on any atom is 0.251 e. The topological polar surface area (TPSA) is 75.3 Å². The second kappa shape index (κ2) is 8.31. The van der Waals surface area contributed by atoms with E-state index in [-0.39, 0.29) is 23.2 Å². The number of rotatable bonds is 5. The normalized spacial score (nSPS) is 11.1. The molecule has 3 rings (SSSR count). The minimum Gasteiger partial charge on any atom is -0.322 e. The first-order valence-electron chi connectivity index (χ1n) is 8.83. The number of Topliss-reactive ketones (excluding diaryl/α,β-unsaturated/α-hetero) is 1. The molecule has 0 aliphatic rings. The molecule has 0 atom stereocenters. The maximum atomic E-state index is 12.3. The number of nitrogens with one attached hydrogen (secondary N) is 2. The molecule has 0 unspecified atom stereocenters. The third kappa shape index (κ3) is 4.51. The smallest absolute Gasteiger partial charge is 0.251 e. The summed E-state index contributed by atoms with van der Waals surface area (Å²) in [6.45, 7) is 3.05. The fourth-order valence-electron chi connectivity index (χ4n) is 2.78. The average Bonchev–Trinajstić information content (AvgIpc) is 2.68. The number of carbonyl (C=O) groups is 3. The van der Waals surface area contributed by atoms with Crippen molar-refractivity contribution >= 4 is 39.7 Å². The van der Waals surface area contributed by atoms with Crippen LogP contribution in [0.25, 0.3) is 10.8 Å². The third-order valence-corrected chi connectivity index (χ3v) is 4.30. The Bertz CT molecular complexity index is 1080. The van der Waals surface area contributed by atoms with E-state index in [1.807, 2.05) is 42.5 Å². The van der Waals surface area contributed by atoms with Crippen molar-refractivity contribution in [1.82, 2.24) is 0 Å². The van der Waals surface area contributed by atoms with Gasteiger partial charge in [-0.1, -0.05) is 36.4 Å². The van der Waals surface area contributed by atoms with Crippen LogP contribution in [0.15, 0.2) is 78.4 Å². The first-order chi connectivity index (χ1) is 13.4. The molecule has 0 aromatic heterocycles. The van der Waals surface area contributed by atoms with Crippen LogP contribution in [-0.4, -0.2) is 17.6 Å². The van der Waals surface area contributed by atoms with Crippen molar-refractivity contribution in [2.45, 2.75) is 13.8 Å². The molecule has 3 aromatic rings. The molecule has 0 aliphatic heterocycles. The number of ketones is 1. The molecule has 0 heterocycles. The van der Waals surface area contributed by atoms with Crippen molar-refractivity contribution in [2.24, 2.45) is 0 Å². The number of carbonyl (C=O) groups excluding carboxylic acids is 3. The zero-order valence-corrected chi connectivity index (χ0v) is 15.7. The molecule has 0 radical (unpaired) electrons. The van der Waals surface area contributed by atoms with Gasteiger partial charge in [-0.05, 0) is 49.6 Å². The lowest BCUT2D eigenvalue weighted by molar-refractivity contribution is -0.114. The lowest BCUT2D eigenvalue weighted by atomic mass is 10.1. The van der Waals surface area contributed by atoms with E-state index in [0.717, 1.165) is 10.8 Å². The highest BCUT2D eigenvalue weighted by Crippen LogP contribution is 2.23. The Morgan fingerprint density at radius 1 is 0.786 bits per heavy atom. The van der Waals surface area contributed by atoms with Gasteiger partial charge in [-0.2, -0.15) is 0 Å². The summed E-state index contributed by atoms with van der Waals surface area (Å²) >= 11 is 0. The summed E-state index contributed by atoms with van der Waals surface area (Å²) in [4.78, 5) is 35.9. The van der Waals surface area contributed by atoms with Crippen LogP contribution in [0.4, 0.5) is 11.4 Å². The Kier molecular flexibility index (Phi) is 5.65. The predicted octanol–water partition coefficient (Wildman–Crippen LogP) is 4.57. The average molecular weight is 372 g/mol. The van der Waals surface area contributed by atoms with E-state index >= 15 is 0 Å². The van der Waals surface area contributed by atoms with Crippen LogP contribution in [-0.2, 0) is 9.59 Å². The Balaban J connectivity index is 1.68. The summed E-state index contributed by atoms with van der Waals surface area (Å²) in [6.07, 6.45) is 1.26. The molecule has 28 heavy (non-hydrogen) atoms. The number of hydrogen-bond acceptors (Lipinski definition) is 3. The van der Waals surface area contributed by atoms with E-state index < -0.39 is 0 Å². The molecule has 0 saturated carbocycles. The monoisotopic (exact) mass is 372 g/mol. The van der Waals surface area contributed by atoms with Gasteiger partial charge in [0.15, 0.2) is 5.78 Å². The van der Waals surface area contributed by atoms with Gasteiger partial charge < -0.3 is 10.6 Å².